The number of carbonyl (C=O) groups is 1. The fourth-order valence-corrected chi connectivity index (χ4v) is 2.17. The molecule has 0 spiro atoms. The lowest BCUT2D eigenvalue weighted by Crippen LogP contribution is -2.20. The van der Waals surface area contributed by atoms with Crippen LogP contribution >= 0.6 is 0 Å². The second-order valence-electron chi connectivity index (χ2n) is 5.75. The topological polar surface area (TPSA) is 50.7 Å². The van der Waals surface area contributed by atoms with Gasteiger partial charge in [0.25, 0.3) is 0 Å². The molecule has 0 heterocycles. The summed E-state index contributed by atoms with van der Waals surface area (Å²) in [7, 11) is 0. The Labute approximate surface area is 136 Å². The first-order chi connectivity index (χ1) is 11.2. The van der Waals surface area contributed by atoms with E-state index < -0.39 is 0 Å². The molecule has 1 N–H and O–H groups in total. The zero-order valence-corrected chi connectivity index (χ0v) is 13.2. The monoisotopic (exact) mass is 308 g/mol. The first-order valence-electron chi connectivity index (χ1n) is 7.83. The van der Waals surface area contributed by atoms with Crippen molar-refractivity contribution in [3.05, 3.63) is 65.7 Å². The summed E-state index contributed by atoms with van der Waals surface area (Å²) in [6.45, 7) is 2.43. The fourth-order valence-electron chi connectivity index (χ4n) is 2.17. The van der Waals surface area contributed by atoms with Gasteiger partial charge in [0.1, 0.15) is 12.4 Å². The summed E-state index contributed by atoms with van der Waals surface area (Å²) in [5, 5.41) is 4.16. The van der Waals surface area contributed by atoms with Crippen molar-refractivity contribution in [2.24, 2.45) is 11.0 Å². The molecule has 1 aliphatic carbocycles. The summed E-state index contributed by atoms with van der Waals surface area (Å²) in [5.41, 5.74) is 5.51. The molecule has 1 saturated carbocycles. The normalized spacial score (nSPS) is 14.4. The zero-order valence-electron chi connectivity index (χ0n) is 13.2. The van der Waals surface area contributed by atoms with Gasteiger partial charge in [-0.1, -0.05) is 30.3 Å². The molecule has 1 amide bonds. The highest BCUT2D eigenvalue weighted by molar-refractivity contribution is 5.99. The summed E-state index contributed by atoms with van der Waals surface area (Å²) >= 11 is 0. The second kappa shape index (κ2) is 7.09. The van der Waals surface area contributed by atoms with Crippen LogP contribution in [-0.2, 0) is 11.4 Å². The zero-order chi connectivity index (χ0) is 16.1. The molecule has 2 aromatic carbocycles. The Morgan fingerprint density at radius 1 is 1.13 bits per heavy atom. The minimum Gasteiger partial charge on any atom is -0.489 e. The molecule has 2 aromatic rings. The number of rotatable bonds is 6. The van der Waals surface area contributed by atoms with E-state index in [0.29, 0.717) is 6.61 Å². The quantitative estimate of drug-likeness (QED) is 0.656. The number of carbonyl (C=O) groups excluding carboxylic acids is 1. The molecule has 0 aliphatic heterocycles. The van der Waals surface area contributed by atoms with Crippen molar-refractivity contribution < 1.29 is 9.53 Å². The van der Waals surface area contributed by atoms with E-state index in [4.69, 9.17) is 4.74 Å². The van der Waals surface area contributed by atoms with Gasteiger partial charge in [0.15, 0.2) is 0 Å². The fraction of sp³-hybridized carbons (Fsp3) is 0.263. The third kappa shape index (κ3) is 4.42. The van der Waals surface area contributed by atoms with Crippen molar-refractivity contribution in [3.8, 4) is 5.75 Å². The number of hydrazone groups is 1. The van der Waals surface area contributed by atoms with E-state index in [1.807, 2.05) is 61.5 Å². The highest BCUT2D eigenvalue weighted by Gasteiger charge is 2.29. The molecule has 0 saturated heterocycles. The van der Waals surface area contributed by atoms with Crippen molar-refractivity contribution in [1.29, 1.82) is 0 Å². The number of ether oxygens (including phenoxy) is 1. The molecule has 0 atom stereocenters. The Balaban J connectivity index is 1.55. The van der Waals surface area contributed by atoms with Crippen LogP contribution in [0.2, 0.25) is 0 Å². The first kappa shape index (κ1) is 15.3. The molecule has 118 valence electrons. The van der Waals surface area contributed by atoms with E-state index in [-0.39, 0.29) is 11.8 Å². The van der Waals surface area contributed by atoms with E-state index in [1.54, 1.807) is 0 Å². The predicted octanol–water partition coefficient (Wildman–Crippen LogP) is 3.52. The summed E-state index contributed by atoms with van der Waals surface area (Å²) in [5.74, 6) is 1.000. The average molecular weight is 308 g/mol. The van der Waals surface area contributed by atoms with Crippen molar-refractivity contribution in [1.82, 2.24) is 5.43 Å². The van der Waals surface area contributed by atoms with Gasteiger partial charge in [0, 0.05) is 5.92 Å². The molecule has 0 bridgehead atoms. The highest BCUT2D eigenvalue weighted by Crippen LogP contribution is 2.28. The van der Waals surface area contributed by atoms with Crippen LogP contribution in [0.4, 0.5) is 0 Å². The Kier molecular flexibility index (Phi) is 4.71. The van der Waals surface area contributed by atoms with Gasteiger partial charge in [-0.25, -0.2) is 5.43 Å². The Morgan fingerprint density at radius 2 is 1.83 bits per heavy atom. The number of hydrogen-bond acceptors (Lipinski definition) is 3. The van der Waals surface area contributed by atoms with Crippen LogP contribution in [0.1, 0.15) is 30.9 Å². The standard InChI is InChI=1S/C19H20N2O2/c1-14(20-21-19(22)17-7-8-17)16-9-11-18(12-10-16)23-13-15-5-3-2-4-6-15/h2-6,9-12,17H,7-8,13H2,1H3,(H,21,22)/b20-14+. The van der Waals surface area contributed by atoms with Crippen LogP contribution in [0, 0.1) is 5.92 Å². The SMILES string of the molecule is C/C(=N\NC(=O)C1CC1)c1ccc(OCc2ccccc2)cc1. The van der Waals surface area contributed by atoms with Gasteiger partial charge in [0.05, 0.1) is 5.71 Å². The molecule has 4 heteroatoms. The minimum absolute atomic E-state index is 0.0205. The number of hydrogen-bond donors (Lipinski definition) is 1. The smallest absolute Gasteiger partial charge is 0.243 e. The average Bonchev–Trinajstić information content (AvgIpc) is 3.44. The first-order valence-corrected chi connectivity index (χ1v) is 7.83. The number of nitrogens with one attached hydrogen (secondary N) is 1. The summed E-state index contributed by atoms with van der Waals surface area (Å²) in [4.78, 5) is 11.6. The van der Waals surface area contributed by atoms with Gasteiger partial charge >= 0.3 is 0 Å². The van der Waals surface area contributed by atoms with Crippen molar-refractivity contribution >= 4 is 11.6 Å². The van der Waals surface area contributed by atoms with Crippen LogP contribution < -0.4 is 10.2 Å². The number of benzene rings is 2. The van der Waals surface area contributed by atoms with Gasteiger partial charge in [-0.15, -0.1) is 0 Å². The summed E-state index contributed by atoms with van der Waals surface area (Å²) in [6, 6.07) is 17.8. The molecule has 1 aliphatic rings. The third-order valence-corrected chi connectivity index (χ3v) is 3.80. The van der Waals surface area contributed by atoms with Gasteiger partial charge < -0.3 is 4.74 Å². The lowest BCUT2D eigenvalue weighted by molar-refractivity contribution is -0.122. The largest absolute Gasteiger partial charge is 0.489 e. The van der Waals surface area contributed by atoms with Crippen LogP contribution in [0.15, 0.2) is 59.7 Å². The van der Waals surface area contributed by atoms with E-state index >= 15 is 0 Å². The van der Waals surface area contributed by atoms with Gasteiger partial charge in [0.2, 0.25) is 5.91 Å². The van der Waals surface area contributed by atoms with E-state index in [2.05, 4.69) is 10.5 Å². The molecular weight excluding hydrogens is 288 g/mol. The molecule has 4 nitrogen and oxygen atoms in total. The van der Waals surface area contributed by atoms with Gasteiger partial charge in [-0.3, -0.25) is 4.79 Å². The lowest BCUT2D eigenvalue weighted by atomic mass is 10.1. The molecular formula is C19H20N2O2. The maximum Gasteiger partial charge on any atom is 0.243 e. The molecule has 23 heavy (non-hydrogen) atoms. The third-order valence-electron chi connectivity index (χ3n) is 3.80. The Morgan fingerprint density at radius 3 is 2.48 bits per heavy atom. The summed E-state index contributed by atoms with van der Waals surface area (Å²) < 4.78 is 5.76. The summed E-state index contributed by atoms with van der Waals surface area (Å²) in [6.07, 6.45) is 1.96. The predicted molar refractivity (Wildman–Crippen MR) is 90.3 cm³/mol. The number of amides is 1. The van der Waals surface area contributed by atoms with Crippen LogP contribution in [0.5, 0.6) is 5.75 Å². The molecule has 3 rings (SSSR count). The van der Waals surface area contributed by atoms with Crippen molar-refractivity contribution in [2.75, 3.05) is 0 Å². The van der Waals surface area contributed by atoms with Crippen molar-refractivity contribution in [3.63, 3.8) is 0 Å². The maximum atomic E-state index is 11.6. The van der Waals surface area contributed by atoms with Gasteiger partial charge in [-0.05, 0) is 55.2 Å². The van der Waals surface area contributed by atoms with E-state index in [9.17, 15) is 4.79 Å². The van der Waals surface area contributed by atoms with E-state index in [1.165, 1.54) is 0 Å². The van der Waals surface area contributed by atoms with Crippen LogP contribution in [0.3, 0.4) is 0 Å². The Hall–Kier alpha value is -2.62. The number of nitrogens with zero attached hydrogens (tertiary/aromatic N) is 1. The second-order valence-corrected chi connectivity index (χ2v) is 5.75. The molecule has 0 unspecified atom stereocenters. The van der Waals surface area contributed by atoms with Crippen LogP contribution in [-0.4, -0.2) is 11.6 Å². The maximum absolute atomic E-state index is 11.6. The molecule has 0 radical (unpaired) electrons. The Bertz CT molecular complexity index is 689. The molecule has 0 aromatic heterocycles. The van der Waals surface area contributed by atoms with E-state index in [0.717, 1.165) is 35.4 Å². The van der Waals surface area contributed by atoms with Gasteiger partial charge in [-0.2, -0.15) is 5.10 Å². The minimum atomic E-state index is 0.0205. The van der Waals surface area contributed by atoms with Crippen molar-refractivity contribution in [2.45, 2.75) is 26.4 Å². The highest BCUT2D eigenvalue weighted by atomic mass is 16.5. The molecule has 1 fully saturated rings. The lowest BCUT2D eigenvalue weighted by Gasteiger charge is -2.07. The van der Waals surface area contributed by atoms with Crippen LogP contribution in [0.25, 0.3) is 0 Å².